The first-order valence-corrected chi connectivity index (χ1v) is 9.02. The van der Waals surface area contributed by atoms with E-state index in [1.54, 1.807) is 6.07 Å². The number of likely N-dealkylation sites (tertiary alicyclic amines) is 1. The lowest BCUT2D eigenvalue weighted by molar-refractivity contribution is -0.191. The molecule has 1 aromatic carbocycles. The molecule has 1 aromatic rings. The summed E-state index contributed by atoms with van der Waals surface area (Å²) in [6, 6.07) is 5.75. The first-order chi connectivity index (χ1) is 11.6. The van der Waals surface area contributed by atoms with Crippen LogP contribution in [0.25, 0.3) is 0 Å². The number of esters is 1. The van der Waals surface area contributed by atoms with E-state index in [0.717, 1.165) is 37.4 Å². The number of aromatic hydroxyl groups is 1. The van der Waals surface area contributed by atoms with E-state index in [0.29, 0.717) is 6.42 Å². The molecule has 4 aliphatic rings. The van der Waals surface area contributed by atoms with Crippen molar-refractivity contribution in [1.82, 2.24) is 4.90 Å². The summed E-state index contributed by atoms with van der Waals surface area (Å²) in [7, 11) is 0. The van der Waals surface area contributed by atoms with Gasteiger partial charge in [0.05, 0.1) is 6.04 Å². The van der Waals surface area contributed by atoms with Gasteiger partial charge < -0.3 is 14.9 Å². The molecule has 2 saturated heterocycles. The summed E-state index contributed by atoms with van der Waals surface area (Å²) in [5.74, 6) is 0.549. The third-order valence-electron chi connectivity index (χ3n) is 6.53. The van der Waals surface area contributed by atoms with Crippen LogP contribution >= 0.6 is 0 Å². The van der Waals surface area contributed by atoms with Crippen LogP contribution in [0.4, 0.5) is 0 Å². The second kappa shape index (κ2) is 4.96. The second-order valence-corrected chi connectivity index (χ2v) is 8.03. The van der Waals surface area contributed by atoms with Crippen molar-refractivity contribution in [2.45, 2.75) is 55.8 Å². The molecule has 0 aromatic heterocycles. The molecule has 5 rings (SSSR count). The van der Waals surface area contributed by atoms with Gasteiger partial charge in [-0.3, -0.25) is 4.90 Å². The summed E-state index contributed by atoms with van der Waals surface area (Å²) in [6.45, 7) is 2.06. The number of hydrogen-bond acceptors (Lipinski definition) is 5. The summed E-state index contributed by atoms with van der Waals surface area (Å²) in [5, 5.41) is 20.2. The average Bonchev–Trinajstić information content (AvgIpc) is 3.36. The first-order valence-electron chi connectivity index (χ1n) is 9.02. The average molecular weight is 329 g/mol. The number of aliphatic hydroxyl groups is 1. The van der Waals surface area contributed by atoms with Crippen LogP contribution in [-0.4, -0.2) is 52.4 Å². The lowest BCUT2D eigenvalue weighted by Crippen LogP contribution is -2.68. The Balaban J connectivity index is 1.60. The van der Waals surface area contributed by atoms with Crippen molar-refractivity contribution in [2.24, 2.45) is 5.92 Å². The predicted octanol–water partition coefficient (Wildman–Crippen LogP) is 1.35. The van der Waals surface area contributed by atoms with Crippen LogP contribution in [0.3, 0.4) is 0 Å². The standard InChI is InChI=1S/C19H23NO4/c21-13-4-3-12-7-15-17-19(14(12)8-13,9-16(22)18(23)24-17)5-6-20(15)10-11-1-2-11/h3-4,8,11,15-17,21-22H,1-2,5-7,9-10H2/t15-,16?,17?,19-/m1/s1. The maximum atomic E-state index is 12.1. The van der Waals surface area contributed by atoms with Gasteiger partial charge >= 0.3 is 5.97 Å². The van der Waals surface area contributed by atoms with Crippen LogP contribution in [-0.2, 0) is 21.4 Å². The number of carbonyl (C=O) groups excluding carboxylic acids is 1. The Kier molecular flexibility index (Phi) is 3.04. The Morgan fingerprint density at radius 2 is 2.17 bits per heavy atom. The molecule has 4 atom stereocenters. The zero-order valence-electron chi connectivity index (χ0n) is 13.6. The van der Waals surface area contributed by atoms with Crippen molar-refractivity contribution in [1.29, 1.82) is 0 Å². The monoisotopic (exact) mass is 329 g/mol. The van der Waals surface area contributed by atoms with Crippen molar-refractivity contribution >= 4 is 5.97 Å². The van der Waals surface area contributed by atoms with Gasteiger partial charge in [-0.25, -0.2) is 4.79 Å². The number of benzene rings is 1. The van der Waals surface area contributed by atoms with Crippen molar-refractivity contribution in [3.63, 3.8) is 0 Å². The van der Waals surface area contributed by atoms with Crippen molar-refractivity contribution in [2.75, 3.05) is 13.1 Å². The highest BCUT2D eigenvalue weighted by Crippen LogP contribution is 2.52. The summed E-state index contributed by atoms with van der Waals surface area (Å²) in [4.78, 5) is 14.6. The molecule has 2 unspecified atom stereocenters. The van der Waals surface area contributed by atoms with Gasteiger partial charge in [-0.1, -0.05) is 6.07 Å². The highest BCUT2D eigenvalue weighted by molar-refractivity contribution is 5.76. The lowest BCUT2D eigenvalue weighted by Gasteiger charge is -2.58. The SMILES string of the molecule is O=C1OC2[C@H]3Cc4ccc(O)cc4[C@@]2(CCN3CC2CC2)CC1O. The number of phenolic OH excluding ortho intramolecular Hbond substituents is 1. The van der Waals surface area contributed by atoms with E-state index in [4.69, 9.17) is 4.74 Å². The van der Waals surface area contributed by atoms with Crippen LogP contribution in [0.15, 0.2) is 18.2 Å². The van der Waals surface area contributed by atoms with E-state index in [1.165, 1.54) is 18.4 Å². The van der Waals surface area contributed by atoms with Gasteiger partial charge in [0.25, 0.3) is 0 Å². The Bertz CT molecular complexity index is 701. The van der Waals surface area contributed by atoms with E-state index in [1.807, 2.05) is 12.1 Å². The Labute approximate surface area is 141 Å². The molecule has 2 heterocycles. The van der Waals surface area contributed by atoms with Gasteiger partial charge in [0.2, 0.25) is 0 Å². The third kappa shape index (κ3) is 2.04. The summed E-state index contributed by atoms with van der Waals surface area (Å²) in [5.41, 5.74) is 1.94. The maximum Gasteiger partial charge on any atom is 0.335 e. The van der Waals surface area contributed by atoms with E-state index in [9.17, 15) is 15.0 Å². The first kappa shape index (κ1) is 14.7. The molecule has 128 valence electrons. The minimum absolute atomic E-state index is 0.188. The number of hydrogen-bond donors (Lipinski definition) is 2. The summed E-state index contributed by atoms with van der Waals surface area (Å²) < 4.78 is 5.78. The molecule has 0 spiro atoms. The number of aliphatic hydroxyl groups excluding tert-OH is 1. The fourth-order valence-electron chi connectivity index (χ4n) is 5.18. The molecular formula is C19H23NO4. The van der Waals surface area contributed by atoms with Gasteiger partial charge in [-0.05, 0) is 67.8 Å². The van der Waals surface area contributed by atoms with E-state index in [2.05, 4.69) is 4.90 Å². The Hall–Kier alpha value is -1.59. The number of piperidine rings is 1. The number of nitrogens with zero attached hydrogens (tertiary/aromatic N) is 1. The third-order valence-corrected chi connectivity index (χ3v) is 6.53. The van der Waals surface area contributed by atoms with Crippen molar-refractivity contribution in [3.8, 4) is 5.75 Å². The molecule has 1 saturated carbocycles. The van der Waals surface area contributed by atoms with Gasteiger partial charge in [0.15, 0.2) is 6.10 Å². The largest absolute Gasteiger partial charge is 0.508 e. The Morgan fingerprint density at radius 3 is 2.96 bits per heavy atom. The van der Waals surface area contributed by atoms with E-state index >= 15 is 0 Å². The minimum Gasteiger partial charge on any atom is -0.508 e. The second-order valence-electron chi connectivity index (χ2n) is 8.03. The number of carbonyl (C=O) groups is 1. The van der Waals surface area contributed by atoms with Crippen molar-refractivity contribution < 1.29 is 19.7 Å². The molecule has 5 heteroatoms. The van der Waals surface area contributed by atoms with Gasteiger partial charge in [-0.2, -0.15) is 0 Å². The molecule has 3 fully saturated rings. The quantitative estimate of drug-likeness (QED) is 0.802. The molecule has 2 aliphatic heterocycles. The topological polar surface area (TPSA) is 70.0 Å². The molecule has 5 nitrogen and oxygen atoms in total. The molecular weight excluding hydrogens is 306 g/mol. The van der Waals surface area contributed by atoms with Crippen LogP contribution in [0.1, 0.15) is 36.8 Å². The summed E-state index contributed by atoms with van der Waals surface area (Å²) >= 11 is 0. The number of fused-ring (bicyclic) bond motifs is 1. The fraction of sp³-hybridized carbons (Fsp3) is 0.632. The van der Waals surface area contributed by atoms with Gasteiger partial charge in [0.1, 0.15) is 11.9 Å². The smallest absolute Gasteiger partial charge is 0.335 e. The van der Waals surface area contributed by atoms with E-state index in [-0.39, 0.29) is 23.3 Å². The minimum atomic E-state index is -1.06. The molecule has 2 N–H and O–H groups in total. The molecule has 24 heavy (non-hydrogen) atoms. The highest BCUT2D eigenvalue weighted by atomic mass is 16.6. The molecule has 0 radical (unpaired) electrons. The van der Waals surface area contributed by atoms with Gasteiger partial charge in [0, 0.05) is 12.0 Å². The number of phenols is 1. The fourth-order valence-corrected chi connectivity index (χ4v) is 5.18. The zero-order valence-corrected chi connectivity index (χ0v) is 13.6. The van der Waals surface area contributed by atoms with Crippen LogP contribution in [0, 0.1) is 5.92 Å². The molecule has 0 amide bonds. The molecule has 2 aliphatic carbocycles. The predicted molar refractivity (Wildman–Crippen MR) is 86.7 cm³/mol. The number of ether oxygens (including phenoxy) is 1. The van der Waals surface area contributed by atoms with Gasteiger partial charge in [-0.15, -0.1) is 0 Å². The zero-order chi connectivity index (χ0) is 16.5. The number of rotatable bonds is 2. The molecule has 2 bridgehead atoms. The Morgan fingerprint density at radius 1 is 1.33 bits per heavy atom. The van der Waals surface area contributed by atoms with Crippen molar-refractivity contribution in [3.05, 3.63) is 29.3 Å². The van der Waals surface area contributed by atoms with E-state index < -0.39 is 12.1 Å². The lowest BCUT2D eigenvalue weighted by atomic mass is 9.58. The van der Waals surface area contributed by atoms with Crippen LogP contribution in [0.5, 0.6) is 5.75 Å². The van der Waals surface area contributed by atoms with Crippen LogP contribution in [0.2, 0.25) is 0 Å². The normalized spacial score (nSPS) is 38.2. The highest BCUT2D eigenvalue weighted by Gasteiger charge is 2.59. The van der Waals surface area contributed by atoms with Crippen LogP contribution < -0.4 is 0 Å². The maximum absolute atomic E-state index is 12.1. The summed E-state index contributed by atoms with van der Waals surface area (Å²) in [6.07, 6.45) is 3.45.